The van der Waals surface area contributed by atoms with Crippen LogP contribution in [-0.4, -0.2) is 39.4 Å². The Bertz CT molecular complexity index is 597. The predicted octanol–water partition coefficient (Wildman–Crippen LogP) is 1.84. The van der Waals surface area contributed by atoms with Gasteiger partial charge in [0.2, 0.25) is 11.0 Å². The molecular formula is C12H13ClN6OS. The van der Waals surface area contributed by atoms with Crippen molar-refractivity contribution in [2.24, 2.45) is 5.92 Å². The molecule has 0 spiro atoms. The van der Waals surface area contributed by atoms with Crippen LogP contribution in [0.15, 0.2) is 17.6 Å². The molecule has 0 radical (unpaired) electrons. The van der Waals surface area contributed by atoms with E-state index in [2.05, 4.69) is 30.6 Å². The number of hydrogen-bond acceptors (Lipinski definition) is 7. The highest BCUT2D eigenvalue weighted by Gasteiger charge is 2.26. The highest BCUT2D eigenvalue weighted by Crippen LogP contribution is 2.23. The van der Waals surface area contributed by atoms with Crippen molar-refractivity contribution in [1.29, 1.82) is 0 Å². The second kappa shape index (κ2) is 6.31. The first-order valence-corrected chi connectivity index (χ1v) is 7.79. The highest BCUT2D eigenvalue weighted by atomic mass is 35.5. The van der Waals surface area contributed by atoms with E-state index in [1.165, 1.54) is 11.3 Å². The number of nitrogens with zero attached hydrogens (tertiary/aromatic N) is 5. The first kappa shape index (κ1) is 14.2. The van der Waals surface area contributed by atoms with Crippen LogP contribution in [0.3, 0.4) is 0 Å². The maximum absolute atomic E-state index is 12.1. The van der Waals surface area contributed by atoms with Crippen LogP contribution >= 0.6 is 22.9 Å². The number of nitrogens with one attached hydrogen (secondary N) is 1. The van der Waals surface area contributed by atoms with Crippen molar-refractivity contribution in [2.75, 3.05) is 23.3 Å². The summed E-state index contributed by atoms with van der Waals surface area (Å²) in [6.07, 6.45) is 1.55. The van der Waals surface area contributed by atoms with Crippen LogP contribution in [0.2, 0.25) is 5.15 Å². The molecule has 1 N–H and O–H groups in total. The van der Waals surface area contributed by atoms with E-state index in [0.29, 0.717) is 10.3 Å². The summed E-state index contributed by atoms with van der Waals surface area (Å²) < 4.78 is 0. The van der Waals surface area contributed by atoms with Crippen LogP contribution in [0, 0.1) is 5.92 Å². The van der Waals surface area contributed by atoms with Gasteiger partial charge in [-0.15, -0.1) is 20.4 Å². The number of piperidine rings is 1. The molecule has 9 heteroatoms. The third-order valence-electron chi connectivity index (χ3n) is 3.40. The molecule has 2 aromatic rings. The molecule has 7 nitrogen and oxygen atoms in total. The zero-order valence-corrected chi connectivity index (χ0v) is 12.6. The van der Waals surface area contributed by atoms with E-state index < -0.39 is 0 Å². The van der Waals surface area contributed by atoms with Gasteiger partial charge in [-0.2, -0.15) is 0 Å². The molecule has 21 heavy (non-hydrogen) atoms. The second-order valence-corrected chi connectivity index (χ2v) is 5.93. The zero-order valence-electron chi connectivity index (χ0n) is 11.1. The van der Waals surface area contributed by atoms with Gasteiger partial charge in [0.1, 0.15) is 5.51 Å². The van der Waals surface area contributed by atoms with Crippen molar-refractivity contribution in [3.05, 3.63) is 22.8 Å². The van der Waals surface area contributed by atoms with Gasteiger partial charge in [-0.05, 0) is 25.0 Å². The minimum Gasteiger partial charge on any atom is -0.355 e. The molecule has 0 unspecified atom stereocenters. The molecule has 1 aliphatic rings. The van der Waals surface area contributed by atoms with Gasteiger partial charge < -0.3 is 10.2 Å². The van der Waals surface area contributed by atoms with Crippen LogP contribution in [-0.2, 0) is 4.79 Å². The normalized spacial score (nSPS) is 16.0. The molecule has 1 fully saturated rings. The Labute approximate surface area is 130 Å². The Morgan fingerprint density at radius 3 is 2.71 bits per heavy atom. The predicted molar refractivity (Wildman–Crippen MR) is 80.5 cm³/mol. The van der Waals surface area contributed by atoms with Gasteiger partial charge in [-0.25, -0.2) is 0 Å². The Balaban J connectivity index is 1.55. The summed E-state index contributed by atoms with van der Waals surface area (Å²) in [5, 5.41) is 19.1. The molecule has 0 bridgehead atoms. The Kier molecular flexibility index (Phi) is 4.26. The fourth-order valence-corrected chi connectivity index (χ4v) is 2.83. The number of carbonyl (C=O) groups is 1. The van der Waals surface area contributed by atoms with E-state index in [-0.39, 0.29) is 11.8 Å². The fraction of sp³-hybridized carbons (Fsp3) is 0.417. The van der Waals surface area contributed by atoms with Crippen LogP contribution < -0.4 is 10.2 Å². The van der Waals surface area contributed by atoms with Crippen LogP contribution in [0.5, 0.6) is 0 Å². The van der Waals surface area contributed by atoms with Crippen LogP contribution in [0.25, 0.3) is 0 Å². The molecule has 1 aliphatic heterocycles. The van der Waals surface area contributed by atoms with Gasteiger partial charge in [-0.3, -0.25) is 4.79 Å². The van der Waals surface area contributed by atoms with Crippen LogP contribution in [0.4, 0.5) is 10.9 Å². The molecular weight excluding hydrogens is 312 g/mol. The van der Waals surface area contributed by atoms with Gasteiger partial charge in [0.25, 0.3) is 0 Å². The van der Waals surface area contributed by atoms with E-state index in [4.69, 9.17) is 11.6 Å². The highest BCUT2D eigenvalue weighted by molar-refractivity contribution is 7.13. The summed E-state index contributed by atoms with van der Waals surface area (Å²) in [4.78, 5) is 14.2. The lowest BCUT2D eigenvalue weighted by molar-refractivity contribution is -0.120. The summed E-state index contributed by atoms with van der Waals surface area (Å²) >= 11 is 7.05. The van der Waals surface area contributed by atoms with E-state index in [1.54, 1.807) is 11.6 Å². The molecule has 1 amide bonds. The van der Waals surface area contributed by atoms with Crippen molar-refractivity contribution >= 4 is 39.8 Å². The van der Waals surface area contributed by atoms with Gasteiger partial charge >= 0.3 is 0 Å². The van der Waals surface area contributed by atoms with E-state index in [9.17, 15) is 4.79 Å². The minimum absolute atomic E-state index is 0.00795. The fourth-order valence-electron chi connectivity index (χ4n) is 2.28. The van der Waals surface area contributed by atoms with Gasteiger partial charge in [0.15, 0.2) is 11.0 Å². The average molecular weight is 325 g/mol. The molecule has 0 saturated carbocycles. The SMILES string of the molecule is O=C(Nc1nncs1)C1CCN(c2ccc(Cl)nn2)CC1. The van der Waals surface area contributed by atoms with Gasteiger partial charge in [0, 0.05) is 19.0 Å². The topological polar surface area (TPSA) is 83.9 Å². The number of rotatable bonds is 3. The van der Waals surface area contributed by atoms with E-state index >= 15 is 0 Å². The summed E-state index contributed by atoms with van der Waals surface area (Å²) in [5.74, 6) is 0.793. The minimum atomic E-state index is -0.00888. The molecule has 3 rings (SSSR count). The monoisotopic (exact) mass is 324 g/mol. The maximum Gasteiger partial charge on any atom is 0.229 e. The largest absolute Gasteiger partial charge is 0.355 e. The zero-order chi connectivity index (χ0) is 14.7. The van der Waals surface area contributed by atoms with E-state index in [1.807, 2.05) is 6.07 Å². The molecule has 0 aliphatic carbocycles. The molecule has 3 heterocycles. The quantitative estimate of drug-likeness (QED) is 0.927. The Hall–Kier alpha value is -1.80. The molecule has 0 aromatic carbocycles. The summed E-state index contributed by atoms with van der Waals surface area (Å²) in [7, 11) is 0. The Morgan fingerprint density at radius 2 is 2.10 bits per heavy atom. The molecule has 2 aromatic heterocycles. The number of aromatic nitrogens is 4. The number of anilines is 2. The van der Waals surface area contributed by atoms with Gasteiger partial charge in [0.05, 0.1) is 0 Å². The van der Waals surface area contributed by atoms with Crippen molar-refractivity contribution < 1.29 is 4.79 Å². The van der Waals surface area contributed by atoms with Gasteiger partial charge in [-0.1, -0.05) is 22.9 Å². The molecule has 110 valence electrons. The van der Waals surface area contributed by atoms with Crippen molar-refractivity contribution in [1.82, 2.24) is 20.4 Å². The summed E-state index contributed by atoms with van der Waals surface area (Å²) in [6.45, 7) is 1.54. The van der Waals surface area contributed by atoms with Crippen LogP contribution in [0.1, 0.15) is 12.8 Å². The molecule has 0 atom stereocenters. The van der Waals surface area contributed by atoms with E-state index in [0.717, 1.165) is 31.7 Å². The first-order valence-electron chi connectivity index (χ1n) is 6.53. The average Bonchev–Trinajstić information content (AvgIpc) is 3.01. The van der Waals surface area contributed by atoms with Crippen molar-refractivity contribution in [3.8, 4) is 0 Å². The number of hydrogen-bond donors (Lipinski definition) is 1. The first-order chi connectivity index (χ1) is 10.2. The standard InChI is InChI=1S/C12H13ClN6OS/c13-9-1-2-10(17-16-9)19-5-3-8(4-6-19)11(20)15-12-18-14-7-21-12/h1-2,7-8H,3-6H2,(H,15,18,20). The summed E-state index contributed by atoms with van der Waals surface area (Å²) in [5.41, 5.74) is 1.59. The second-order valence-electron chi connectivity index (χ2n) is 4.71. The Morgan fingerprint density at radius 1 is 1.29 bits per heavy atom. The lowest BCUT2D eigenvalue weighted by atomic mass is 9.96. The molecule has 1 saturated heterocycles. The number of carbonyl (C=O) groups excluding carboxylic acids is 1. The maximum atomic E-state index is 12.1. The number of halogens is 1. The van der Waals surface area contributed by atoms with Crippen molar-refractivity contribution in [3.63, 3.8) is 0 Å². The third-order valence-corrected chi connectivity index (χ3v) is 4.21. The summed E-state index contributed by atoms with van der Waals surface area (Å²) in [6, 6.07) is 3.56. The number of amides is 1. The van der Waals surface area contributed by atoms with Crippen molar-refractivity contribution in [2.45, 2.75) is 12.8 Å². The lowest BCUT2D eigenvalue weighted by Gasteiger charge is -2.31. The lowest BCUT2D eigenvalue weighted by Crippen LogP contribution is -2.38. The smallest absolute Gasteiger partial charge is 0.229 e. The third kappa shape index (κ3) is 3.45.